The van der Waals surface area contributed by atoms with Gasteiger partial charge < -0.3 is 10.4 Å². The van der Waals surface area contributed by atoms with Crippen LogP contribution in [0.5, 0.6) is 0 Å². The molecule has 4 nitrogen and oxygen atoms in total. The molecule has 0 radical (unpaired) electrons. The topological polar surface area (TPSA) is 66.4 Å². The molecule has 0 aliphatic rings. The van der Waals surface area contributed by atoms with E-state index in [1.54, 1.807) is 13.8 Å². The van der Waals surface area contributed by atoms with Crippen molar-refractivity contribution in [3.8, 4) is 0 Å². The van der Waals surface area contributed by atoms with Crippen molar-refractivity contribution >= 4 is 11.9 Å². The number of hydrogen-bond acceptors (Lipinski definition) is 2. The highest BCUT2D eigenvalue weighted by atomic mass is 16.4. The maximum Gasteiger partial charge on any atom is 0.311 e. The summed E-state index contributed by atoms with van der Waals surface area (Å²) in [5, 5.41) is 11.5. The van der Waals surface area contributed by atoms with E-state index >= 15 is 0 Å². The summed E-state index contributed by atoms with van der Waals surface area (Å²) in [7, 11) is 0. The van der Waals surface area contributed by atoms with Crippen LogP contribution < -0.4 is 5.32 Å². The number of hydrogen-bond donors (Lipinski definition) is 2. The lowest BCUT2D eigenvalue weighted by molar-refractivity contribution is -0.149. The number of nitrogens with one attached hydrogen (secondary N) is 1. The number of carbonyl (C=O) groups is 2. The van der Waals surface area contributed by atoms with Gasteiger partial charge >= 0.3 is 5.97 Å². The van der Waals surface area contributed by atoms with Crippen molar-refractivity contribution in [1.82, 2.24) is 5.32 Å². The second kappa shape index (κ2) is 4.25. The first-order chi connectivity index (χ1) is 5.82. The normalized spacial score (nSPS) is 13.5. The number of aliphatic carboxylic acids is 1. The predicted octanol–water partition coefficient (Wildman–Crippen LogP) is 1.01. The fourth-order valence-electron chi connectivity index (χ4n) is 1.19. The van der Waals surface area contributed by atoms with E-state index in [0.29, 0.717) is 6.42 Å². The Labute approximate surface area is 78.3 Å². The number of carboxylic acids is 1. The van der Waals surface area contributed by atoms with Crippen molar-refractivity contribution in [1.29, 1.82) is 0 Å². The van der Waals surface area contributed by atoms with Crippen LogP contribution in [-0.2, 0) is 9.59 Å². The number of rotatable bonds is 4. The molecule has 0 aromatic heterocycles. The summed E-state index contributed by atoms with van der Waals surface area (Å²) in [5.74, 6) is -1.09. The van der Waals surface area contributed by atoms with Crippen molar-refractivity contribution in [3.05, 3.63) is 0 Å². The third-order valence-electron chi connectivity index (χ3n) is 2.21. The molecule has 0 saturated heterocycles. The zero-order chi connectivity index (χ0) is 10.6. The average molecular weight is 187 g/mol. The average Bonchev–Trinajstić information content (AvgIpc) is 1.99. The number of amides is 1. The predicted molar refractivity (Wildman–Crippen MR) is 49.3 cm³/mol. The highest BCUT2D eigenvalue weighted by Gasteiger charge is 2.36. The molecule has 76 valence electrons. The van der Waals surface area contributed by atoms with Gasteiger partial charge in [-0.2, -0.15) is 0 Å². The van der Waals surface area contributed by atoms with Crippen molar-refractivity contribution in [2.75, 3.05) is 0 Å². The number of carbonyl (C=O) groups excluding carboxylic acids is 1. The van der Waals surface area contributed by atoms with Gasteiger partial charge in [0.15, 0.2) is 0 Å². The van der Waals surface area contributed by atoms with Crippen LogP contribution in [0.1, 0.15) is 34.1 Å². The molecule has 13 heavy (non-hydrogen) atoms. The molecule has 4 heteroatoms. The van der Waals surface area contributed by atoms with Crippen LogP contribution in [0.4, 0.5) is 0 Å². The Kier molecular flexibility index (Phi) is 3.91. The summed E-state index contributed by atoms with van der Waals surface area (Å²) < 4.78 is 0. The Balaban J connectivity index is 4.55. The molecule has 2 N–H and O–H groups in total. The van der Waals surface area contributed by atoms with Crippen molar-refractivity contribution in [2.24, 2.45) is 5.41 Å². The summed E-state index contributed by atoms with van der Waals surface area (Å²) in [5.41, 5.74) is -0.916. The van der Waals surface area contributed by atoms with Crippen molar-refractivity contribution in [3.63, 3.8) is 0 Å². The van der Waals surface area contributed by atoms with Gasteiger partial charge in [-0.3, -0.25) is 9.59 Å². The van der Waals surface area contributed by atoms with E-state index < -0.39 is 11.4 Å². The fraction of sp³-hybridized carbons (Fsp3) is 0.778. The van der Waals surface area contributed by atoms with E-state index in [2.05, 4.69) is 5.32 Å². The third kappa shape index (κ3) is 3.05. The van der Waals surface area contributed by atoms with Crippen LogP contribution in [0, 0.1) is 5.41 Å². The lowest BCUT2D eigenvalue weighted by atomic mass is 9.83. The maximum absolute atomic E-state index is 10.9. The van der Waals surface area contributed by atoms with Crippen LogP contribution in [0.2, 0.25) is 0 Å². The molecule has 0 aromatic rings. The second-order valence-electron chi connectivity index (χ2n) is 3.69. The Bertz CT molecular complexity index is 211. The van der Waals surface area contributed by atoms with Gasteiger partial charge in [-0.15, -0.1) is 0 Å². The van der Waals surface area contributed by atoms with E-state index in [1.165, 1.54) is 6.92 Å². The molecule has 1 amide bonds. The highest BCUT2D eigenvalue weighted by Crippen LogP contribution is 2.23. The quantitative estimate of drug-likeness (QED) is 0.690. The summed E-state index contributed by atoms with van der Waals surface area (Å²) in [6, 6.07) is -0.317. The van der Waals surface area contributed by atoms with Crippen LogP contribution in [0.15, 0.2) is 0 Å². The smallest absolute Gasteiger partial charge is 0.311 e. The van der Waals surface area contributed by atoms with Gasteiger partial charge in [0.2, 0.25) is 5.91 Å². The summed E-state index contributed by atoms with van der Waals surface area (Å²) in [6.45, 7) is 6.46. The van der Waals surface area contributed by atoms with Gasteiger partial charge in [0.25, 0.3) is 0 Å². The summed E-state index contributed by atoms with van der Waals surface area (Å²) in [4.78, 5) is 21.6. The minimum absolute atomic E-state index is 0.193. The first-order valence-corrected chi connectivity index (χ1v) is 4.32. The molecule has 0 heterocycles. The van der Waals surface area contributed by atoms with Gasteiger partial charge in [0, 0.05) is 13.0 Å². The first kappa shape index (κ1) is 11.9. The first-order valence-electron chi connectivity index (χ1n) is 4.32. The lowest BCUT2D eigenvalue weighted by Gasteiger charge is -2.29. The van der Waals surface area contributed by atoms with E-state index in [9.17, 15) is 9.59 Å². The molecule has 0 bridgehead atoms. The van der Waals surface area contributed by atoms with Crippen molar-refractivity contribution in [2.45, 2.75) is 40.2 Å². The van der Waals surface area contributed by atoms with Crippen LogP contribution in [0.25, 0.3) is 0 Å². The molecule has 0 fully saturated rings. The van der Waals surface area contributed by atoms with Gasteiger partial charge in [-0.05, 0) is 20.3 Å². The molecule has 0 aliphatic heterocycles. The third-order valence-corrected chi connectivity index (χ3v) is 2.21. The molecule has 0 spiro atoms. The minimum atomic E-state index is -0.916. The Hall–Kier alpha value is -1.06. The fourth-order valence-corrected chi connectivity index (χ4v) is 1.19. The van der Waals surface area contributed by atoms with Gasteiger partial charge in [-0.25, -0.2) is 0 Å². The van der Waals surface area contributed by atoms with Gasteiger partial charge in [0.1, 0.15) is 0 Å². The van der Waals surface area contributed by atoms with Crippen LogP contribution in [0.3, 0.4) is 0 Å². The standard InChI is InChI=1S/C9H17NO3/c1-5-7(10-6(2)11)9(3,4)8(12)13/h7H,5H2,1-4H3,(H,10,11)(H,12,13)/t7-/m0/s1. The molecular weight excluding hydrogens is 170 g/mol. The molecule has 0 rings (SSSR count). The molecule has 0 aromatic carbocycles. The monoisotopic (exact) mass is 187 g/mol. The molecule has 0 unspecified atom stereocenters. The Morgan fingerprint density at radius 1 is 1.46 bits per heavy atom. The van der Waals surface area contributed by atoms with E-state index in [0.717, 1.165) is 0 Å². The van der Waals surface area contributed by atoms with E-state index in [1.807, 2.05) is 6.92 Å². The van der Waals surface area contributed by atoms with Crippen molar-refractivity contribution < 1.29 is 14.7 Å². The van der Waals surface area contributed by atoms with E-state index in [-0.39, 0.29) is 11.9 Å². The van der Waals surface area contributed by atoms with Gasteiger partial charge in [0.05, 0.1) is 5.41 Å². The zero-order valence-corrected chi connectivity index (χ0v) is 8.55. The summed E-state index contributed by atoms with van der Waals surface area (Å²) in [6.07, 6.45) is 0.610. The SMILES string of the molecule is CC[C@H](NC(C)=O)C(C)(C)C(=O)O. The zero-order valence-electron chi connectivity index (χ0n) is 8.55. The summed E-state index contributed by atoms with van der Waals surface area (Å²) >= 11 is 0. The maximum atomic E-state index is 10.9. The van der Waals surface area contributed by atoms with Gasteiger partial charge in [-0.1, -0.05) is 6.92 Å². The lowest BCUT2D eigenvalue weighted by Crippen LogP contribution is -2.47. The Morgan fingerprint density at radius 3 is 2.15 bits per heavy atom. The minimum Gasteiger partial charge on any atom is -0.481 e. The molecule has 1 atom stereocenters. The highest BCUT2D eigenvalue weighted by molar-refractivity contribution is 5.78. The van der Waals surface area contributed by atoms with Crippen LogP contribution in [-0.4, -0.2) is 23.0 Å². The number of carboxylic acid groups (broad SMARTS) is 1. The second-order valence-corrected chi connectivity index (χ2v) is 3.69. The largest absolute Gasteiger partial charge is 0.481 e. The molecule has 0 aliphatic carbocycles. The van der Waals surface area contributed by atoms with Crippen LogP contribution >= 0.6 is 0 Å². The molecular formula is C9H17NO3. The Morgan fingerprint density at radius 2 is 1.92 bits per heavy atom. The van der Waals surface area contributed by atoms with E-state index in [4.69, 9.17) is 5.11 Å². The molecule has 0 saturated carbocycles.